The standard InChI is InChI=1S/C17H22N4O2S2/c1-10(2)15(18)16(23)19-8-14(22)21-17-20-13(9-25-17)11-4-6-12(24-3)7-5-11/h4-7,9-10,15H,8,18H2,1-3H3,(H,19,23)(H,20,21,22)/t15-/m0/s1. The van der Waals surface area contributed by atoms with E-state index in [4.69, 9.17) is 5.73 Å². The summed E-state index contributed by atoms with van der Waals surface area (Å²) in [5, 5.41) is 7.60. The molecule has 0 saturated heterocycles. The third kappa shape index (κ3) is 5.55. The highest BCUT2D eigenvalue weighted by molar-refractivity contribution is 7.98. The van der Waals surface area contributed by atoms with Crippen LogP contribution >= 0.6 is 23.1 Å². The van der Waals surface area contributed by atoms with Gasteiger partial charge in [-0.2, -0.15) is 0 Å². The molecule has 0 bridgehead atoms. The first-order valence-corrected chi connectivity index (χ1v) is 9.94. The Hall–Kier alpha value is -1.90. The summed E-state index contributed by atoms with van der Waals surface area (Å²) in [6.45, 7) is 3.58. The number of thiazole rings is 1. The summed E-state index contributed by atoms with van der Waals surface area (Å²) >= 11 is 3.02. The number of amides is 2. The molecule has 2 amide bonds. The van der Waals surface area contributed by atoms with Crippen molar-refractivity contribution < 1.29 is 9.59 Å². The molecular formula is C17H22N4O2S2. The van der Waals surface area contributed by atoms with Crippen LogP contribution in [0.25, 0.3) is 11.3 Å². The van der Waals surface area contributed by atoms with Gasteiger partial charge in [-0.3, -0.25) is 9.59 Å². The minimum atomic E-state index is -0.622. The highest BCUT2D eigenvalue weighted by atomic mass is 32.2. The quantitative estimate of drug-likeness (QED) is 0.644. The molecule has 1 aromatic carbocycles. The van der Waals surface area contributed by atoms with Gasteiger partial charge >= 0.3 is 0 Å². The second kappa shape index (κ2) is 8.98. The van der Waals surface area contributed by atoms with Crippen molar-refractivity contribution in [2.45, 2.75) is 24.8 Å². The maximum absolute atomic E-state index is 11.9. The number of rotatable bonds is 7. The van der Waals surface area contributed by atoms with Crippen LogP contribution in [-0.2, 0) is 9.59 Å². The van der Waals surface area contributed by atoms with E-state index in [-0.39, 0.29) is 24.3 Å². The van der Waals surface area contributed by atoms with E-state index in [2.05, 4.69) is 15.6 Å². The van der Waals surface area contributed by atoms with Crippen molar-refractivity contribution in [3.05, 3.63) is 29.6 Å². The lowest BCUT2D eigenvalue weighted by atomic mass is 10.1. The van der Waals surface area contributed by atoms with Gasteiger partial charge in [-0.05, 0) is 24.3 Å². The topological polar surface area (TPSA) is 97.1 Å². The smallest absolute Gasteiger partial charge is 0.245 e. The van der Waals surface area contributed by atoms with Crippen LogP contribution in [0.3, 0.4) is 0 Å². The third-order valence-electron chi connectivity index (χ3n) is 3.58. The molecule has 1 heterocycles. The van der Waals surface area contributed by atoms with Gasteiger partial charge < -0.3 is 16.4 Å². The number of carbonyl (C=O) groups excluding carboxylic acids is 2. The van der Waals surface area contributed by atoms with E-state index in [0.29, 0.717) is 5.13 Å². The van der Waals surface area contributed by atoms with Crippen molar-refractivity contribution in [2.24, 2.45) is 11.7 Å². The molecule has 1 aromatic heterocycles. The van der Waals surface area contributed by atoms with E-state index >= 15 is 0 Å². The summed E-state index contributed by atoms with van der Waals surface area (Å²) < 4.78 is 0. The molecule has 0 unspecified atom stereocenters. The monoisotopic (exact) mass is 378 g/mol. The molecule has 0 fully saturated rings. The van der Waals surface area contributed by atoms with Gasteiger partial charge in [0.05, 0.1) is 18.3 Å². The van der Waals surface area contributed by atoms with Crippen molar-refractivity contribution >= 4 is 40.0 Å². The highest BCUT2D eigenvalue weighted by Crippen LogP contribution is 2.26. The lowest BCUT2D eigenvalue weighted by molar-refractivity contribution is -0.125. The number of benzene rings is 1. The SMILES string of the molecule is CSc1ccc(-c2csc(NC(=O)CNC(=O)[C@@H](N)C(C)C)n2)cc1. The fraction of sp³-hybridized carbons (Fsp3) is 0.353. The van der Waals surface area contributed by atoms with Crippen LogP contribution in [-0.4, -0.2) is 35.6 Å². The van der Waals surface area contributed by atoms with Crippen LogP contribution in [0.2, 0.25) is 0 Å². The first kappa shape index (κ1) is 19.4. The lowest BCUT2D eigenvalue weighted by Gasteiger charge is -2.14. The van der Waals surface area contributed by atoms with Gasteiger partial charge in [-0.25, -0.2) is 4.98 Å². The van der Waals surface area contributed by atoms with Crippen molar-refractivity contribution in [1.82, 2.24) is 10.3 Å². The fourth-order valence-electron chi connectivity index (χ4n) is 1.98. The average Bonchev–Trinajstić information content (AvgIpc) is 3.07. The van der Waals surface area contributed by atoms with Crippen LogP contribution < -0.4 is 16.4 Å². The number of nitrogens with zero attached hydrogens (tertiary/aromatic N) is 1. The van der Waals surface area contributed by atoms with Gasteiger partial charge in [0.15, 0.2) is 5.13 Å². The van der Waals surface area contributed by atoms with Crippen molar-refractivity contribution in [1.29, 1.82) is 0 Å². The molecule has 0 saturated carbocycles. The predicted molar refractivity (Wildman–Crippen MR) is 104 cm³/mol. The maximum atomic E-state index is 11.9. The summed E-state index contributed by atoms with van der Waals surface area (Å²) in [6, 6.07) is 7.44. The Kier molecular flexibility index (Phi) is 6.98. The molecule has 0 aliphatic heterocycles. The number of nitrogens with one attached hydrogen (secondary N) is 2. The van der Waals surface area contributed by atoms with E-state index in [9.17, 15) is 9.59 Å². The zero-order valence-corrected chi connectivity index (χ0v) is 16.0. The Balaban J connectivity index is 1.89. The number of aromatic nitrogens is 1. The minimum absolute atomic E-state index is 0.0158. The number of thioether (sulfide) groups is 1. The average molecular weight is 379 g/mol. The number of carbonyl (C=O) groups is 2. The third-order valence-corrected chi connectivity index (χ3v) is 5.08. The molecule has 2 rings (SSSR count). The molecule has 2 aromatic rings. The van der Waals surface area contributed by atoms with E-state index in [1.54, 1.807) is 11.8 Å². The normalized spacial score (nSPS) is 12.0. The lowest BCUT2D eigenvalue weighted by Crippen LogP contribution is -2.46. The Bertz CT molecular complexity index is 729. The summed E-state index contributed by atoms with van der Waals surface area (Å²) in [7, 11) is 0. The summed E-state index contributed by atoms with van der Waals surface area (Å²) in [6.07, 6.45) is 2.03. The molecule has 0 aliphatic carbocycles. The molecule has 1 atom stereocenters. The number of hydrogen-bond acceptors (Lipinski definition) is 6. The van der Waals surface area contributed by atoms with Gasteiger partial charge in [0, 0.05) is 15.8 Å². The molecule has 6 nitrogen and oxygen atoms in total. The van der Waals surface area contributed by atoms with Crippen molar-refractivity contribution in [2.75, 3.05) is 18.1 Å². The Morgan fingerprint density at radius 1 is 1.28 bits per heavy atom. The fourth-order valence-corrected chi connectivity index (χ4v) is 3.12. The molecule has 8 heteroatoms. The summed E-state index contributed by atoms with van der Waals surface area (Å²) in [5.41, 5.74) is 7.53. The zero-order valence-electron chi connectivity index (χ0n) is 14.4. The molecular weight excluding hydrogens is 356 g/mol. The molecule has 0 aliphatic rings. The Morgan fingerprint density at radius 2 is 1.96 bits per heavy atom. The molecule has 0 spiro atoms. The second-order valence-corrected chi connectivity index (χ2v) is 7.54. The van der Waals surface area contributed by atoms with Gasteiger partial charge in [0.1, 0.15) is 0 Å². The first-order valence-electron chi connectivity index (χ1n) is 7.83. The van der Waals surface area contributed by atoms with Crippen molar-refractivity contribution in [3.8, 4) is 11.3 Å². The maximum Gasteiger partial charge on any atom is 0.245 e. The number of nitrogens with two attached hydrogens (primary N) is 1. The van der Waals surface area contributed by atoms with Crippen LogP contribution in [0.1, 0.15) is 13.8 Å². The van der Waals surface area contributed by atoms with Crippen LogP contribution in [0.5, 0.6) is 0 Å². The van der Waals surface area contributed by atoms with Crippen LogP contribution in [0.4, 0.5) is 5.13 Å². The van der Waals surface area contributed by atoms with Gasteiger partial charge in [0.2, 0.25) is 11.8 Å². The number of hydrogen-bond donors (Lipinski definition) is 3. The Labute approximate surface area is 155 Å². The minimum Gasteiger partial charge on any atom is -0.346 e. The molecule has 134 valence electrons. The molecule has 25 heavy (non-hydrogen) atoms. The first-order chi connectivity index (χ1) is 11.9. The Morgan fingerprint density at radius 3 is 2.56 bits per heavy atom. The van der Waals surface area contributed by atoms with Gasteiger partial charge in [0.25, 0.3) is 0 Å². The molecule has 0 radical (unpaired) electrons. The van der Waals surface area contributed by atoms with Gasteiger partial charge in [-0.15, -0.1) is 23.1 Å². The van der Waals surface area contributed by atoms with E-state index in [1.807, 2.05) is 49.7 Å². The summed E-state index contributed by atoms with van der Waals surface area (Å²) in [4.78, 5) is 29.3. The van der Waals surface area contributed by atoms with Crippen LogP contribution in [0.15, 0.2) is 34.5 Å². The van der Waals surface area contributed by atoms with E-state index in [0.717, 1.165) is 11.3 Å². The van der Waals surface area contributed by atoms with Gasteiger partial charge in [-0.1, -0.05) is 26.0 Å². The van der Waals surface area contributed by atoms with E-state index < -0.39 is 6.04 Å². The van der Waals surface area contributed by atoms with E-state index in [1.165, 1.54) is 16.2 Å². The predicted octanol–water partition coefficient (Wildman–Crippen LogP) is 2.57. The second-order valence-electron chi connectivity index (χ2n) is 5.80. The highest BCUT2D eigenvalue weighted by Gasteiger charge is 2.18. The van der Waals surface area contributed by atoms with Crippen molar-refractivity contribution in [3.63, 3.8) is 0 Å². The summed E-state index contributed by atoms with van der Waals surface area (Å²) in [5.74, 6) is -0.649. The molecule has 4 N–H and O–H groups in total. The number of anilines is 1. The van der Waals surface area contributed by atoms with Crippen LogP contribution in [0, 0.1) is 5.92 Å². The zero-order chi connectivity index (χ0) is 18.4. The largest absolute Gasteiger partial charge is 0.346 e.